The Bertz CT molecular complexity index is 664. The van der Waals surface area contributed by atoms with Gasteiger partial charge in [-0.3, -0.25) is 9.48 Å². The lowest BCUT2D eigenvalue weighted by atomic mass is 10.0. The molecule has 1 amide bonds. The molecule has 1 fully saturated rings. The van der Waals surface area contributed by atoms with Crippen LogP contribution in [0.3, 0.4) is 0 Å². The van der Waals surface area contributed by atoms with Crippen LogP contribution in [0.25, 0.3) is 10.9 Å². The predicted octanol–water partition coefficient (Wildman–Crippen LogP) is 1.20. The fraction of sp³-hybridized carbons (Fsp3) is 0.556. The second-order valence-electron chi connectivity index (χ2n) is 6.93. The van der Waals surface area contributed by atoms with E-state index in [2.05, 4.69) is 10.00 Å². The predicted molar refractivity (Wildman–Crippen MR) is 93.6 cm³/mol. The van der Waals surface area contributed by atoms with E-state index in [4.69, 9.17) is 0 Å². The van der Waals surface area contributed by atoms with Gasteiger partial charge in [0.15, 0.2) is 0 Å². The zero-order chi connectivity index (χ0) is 17.1. The van der Waals surface area contributed by atoms with E-state index in [-0.39, 0.29) is 25.0 Å². The average Bonchev–Trinajstić information content (AvgIpc) is 2.83. The third-order valence-corrected chi connectivity index (χ3v) is 4.92. The van der Waals surface area contributed by atoms with E-state index in [1.807, 2.05) is 49.5 Å². The standard InChI is InChI=1S/C18H26N4O2/c1-20(2)16-8-7-14(13-23)9-21(11-16)18(24)12-22-10-15-5-3-4-6-17(15)19-22/h3-6,10,14,16,23H,7-9,11-13H2,1-2H3/t14-,16+/m0/s1. The number of fused-ring (bicyclic) bond motifs is 1. The van der Waals surface area contributed by atoms with Crippen LogP contribution in [0.15, 0.2) is 30.5 Å². The molecule has 1 aromatic heterocycles. The third-order valence-electron chi connectivity index (χ3n) is 4.92. The highest BCUT2D eigenvalue weighted by Crippen LogP contribution is 2.19. The number of benzene rings is 1. The topological polar surface area (TPSA) is 61.6 Å². The largest absolute Gasteiger partial charge is 0.396 e. The number of hydrogen-bond donors (Lipinski definition) is 1. The first-order valence-corrected chi connectivity index (χ1v) is 8.54. The number of likely N-dealkylation sites (tertiary alicyclic amines) is 1. The Labute approximate surface area is 142 Å². The van der Waals surface area contributed by atoms with Gasteiger partial charge in [-0.2, -0.15) is 5.10 Å². The van der Waals surface area contributed by atoms with Crippen LogP contribution < -0.4 is 0 Å². The van der Waals surface area contributed by atoms with Gasteiger partial charge >= 0.3 is 0 Å². The van der Waals surface area contributed by atoms with E-state index < -0.39 is 0 Å². The molecule has 0 spiro atoms. The number of rotatable bonds is 4. The summed E-state index contributed by atoms with van der Waals surface area (Å²) in [6.45, 7) is 1.71. The quantitative estimate of drug-likeness (QED) is 0.915. The smallest absolute Gasteiger partial charge is 0.244 e. The molecule has 1 saturated heterocycles. The van der Waals surface area contributed by atoms with Crippen molar-refractivity contribution in [1.29, 1.82) is 0 Å². The zero-order valence-electron chi connectivity index (χ0n) is 14.4. The lowest BCUT2D eigenvalue weighted by Crippen LogP contribution is -2.44. The maximum Gasteiger partial charge on any atom is 0.244 e. The van der Waals surface area contributed by atoms with Crippen molar-refractivity contribution in [2.75, 3.05) is 33.8 Å². The normalized spacial score (nSPS) is 22.1. The van der Waals surface area contributed by atoms with E-state index in [9.17, 15) is 9.90 Å². The van der Waals surface area contributed by atoms with Gasteiger partial charge in [0.1, 0.15) is 6.54 Å². The minimum Gasteiger partial charge on any atom is -0.396 e. The summed E-state index contributed by atoms with van der Waals surface area (Å²) in [5.41, 5.74) is 0.903. The first-order chi connectivity index (χ1) is 11.6. The molecule has 0 unspecified atom stereocenters. The Morgan fingerprint density at radius 3 is 2.79 bits per heavy atom. The number of aliphatic hydroxyl groups is 1. The number of likely N-dealkylation sites (N-methyl/N-ethyl adjacent to an activating group) is 1. The van der Waals surface area contributed by atoms with Crippen molar-refractivity contribution in [2.24, 2.45) is 5.92 Å². The van der Waals surface area contributed by atoms with Gasteiger partial charge in [0, 0.05) is 37.3 Å². The average molecular weight is 330 g/mol. The first-order valence-electron chi connectivity index (χ1n) is 8.54. The fourth-order valence-electron chi connectivity index (χ4n) is 3.36. The van der Waals surface area contributed by atoms with Crippen LogP contribution >= 0.6 is 0 Å². The minimum absolute atomic E-state index is 0.0648. The van der Waals surface area contributed by atoms with E-state index in [0.29, 0.717) is 19.1 Å². The molecule has 130 valence electrons. The van der Waals surface area contributed by atoms with Gasteiger partial charge in [-0.05, 0) is 38.9 Å². The van der Waals surface area contributed by atoms with E-state index >= 15 is 0 Å². The number of aromatic nitrogens is 2. The molecule has 0 aliphatic carbocycles. The number of amides is 1. The van der Waals surface area contributed by atoms with Crippen LogP contribution in [-0.4, -0.2) is 70.4 Å². The molecule has 24 heavy (non-hydrogen) atoms. The van der Waals surface area contributed by atoms with E-state index in [1.54, 1.807) is 4.68 Å². The van der Waals surface area contributed by atoms with Crippen molar-refractivity contribution in [2.45, 2.75) is 25.4 Å². The summed E-state index contributed by atoms with van der Waals surface area (Å²) in [6.07, 6.45) is 3.88. The number of nitrogens with zero attached hydrogens (tertiary/aromatic N) is 4. The summed E-state index contributed by atoms with van der Waals surface area (Å²) < 4.78 is 1.72. The van der Waals surface area contributed by atoms with Gasteiger partial charge in [0.2, 0.25) is 5.91 Å². The summed E-state index contributed by atoms with van der Waals surface area (Å²) in [7, 11) is 4.10. The second kappa shape index (κ2) is 7.32. The van der Waals surface area contributed by atoms with Crippen LogP contribution in [0.4, 0.5) is 0 Å². The molecular weight excluding hydrogens is 304 g/mol. The van der Waals surface area contributed by atoms with Gasteiger partial charge < -0.3 is 14.9 Å². The molecule has 0 saturated carbocycles. The molecule has 2 aromatic rings. The van der Waals surface area contributed by atoms with Gasteiger partial charge in [-0.15, -0.1) is 0 Å². The number of hydrogen-bond acceptors (Lipinski definition) is 4. The third kappa shape index (κ3) is 3.76. The maximum absolute atomic E-state index is 12.8. The Kier molecular flexibility index (Phi) is 5.16. The fourth-order valence-corrected chi connectivity index (χ4v) is 3.36. The SMILES string of the molecule is CN(C)[C@@H]1CC[C@H](CO)CN(C(=O)Cn2cc3ccccc3n2)C1. The molecule has 1 N–H and O–H groups in total. The van der Waals surface area contributed by atoms with Crippen LogP contribution in [0, 0.1) is 5.92 Å². The molecule has 1 aliphatic heterocycles. The Morgan fingerprint density at radius 1 is 1.29 bits per heavy atom. The molecule has 2 heterocycles. The van der Waals surface area contributed by atoms with Crippen LogP contribution in [0.2, 0.25) is 0 Å². The van der Waals surface area contributed by atoms with Gasteiger partial charge in [-0.1, -0.05) is 18.2 Å². The molecule has 2 atom stereocenters. The van der Waals surface area contributed by atoms with Crippen molar-refractivity contribution in [1.82, 2.24) is 19.6 Å². The van der Waals surface area contributed by atoms with Crippen molar-refractivity contribution in [3.63, 3.8) is 0 Å². The summed E-state index contributed by atoms with van der Waals surface area (Å²) in [5.74, 6) is 0.227. The zero-order valence-corrected chi connectivity index (χ0v) is 14.4. The van der Waals surface area contributed by atoms with E-state index in [1.165, 1.54) is 0 Å². The van der Waals surface area contributed by atoms with Gasteiger partial charge in [-0.25, -0.2) is 0 Å². The van der Waals surface area contributed by atoms with Crippen LogP contribution in [-0.2, 0) is 11.3 Å². The van der Waals surface area contributed by atoms with Gasteiger partial charge in [0.25, 0.3) is 0 Å². The number of aliphatic hydroxyl groups excluding tert-OH is 1. The molecule has 6 heteroatoms. The first kappa shape index (κ1) is 16.9. The highest BCUT2D eigenvalue weighted by molar-refractivity contribution is 5.80. The summed E-state index contributed by atoms with van der Waals surface area (Å²) in [5, 5.41) is 15.1. The lowest BCUT2D eigenvalue weighted by Gasteiger charge is -2.29. The monoisotopic (exact) mass is 330 g/mol. The van der Waals surface area contributed by atoms with Crippen molar-refractivity contribution in [3.05, 3.63) is 30.5 Å². The van der Waals surface area contributed by atoms with Crippen molar-refractivity contribution in [3.8, 4) is 0 Å². The molecule has 1 aliphatic rings. The lowest BCUT2D eigenvalue weighted by molar-refractivity contribution is -0.133. The molecule has 0 bridgehead atoms. The molecule has 0 radical (unpaired) electrons. The Morgan fingerprint density at radius 2 is 2.08 bits per heavy atom. The molecule has 1 aromatic carbocycles. The van der Waals surface area contributed by atoms with E-state index in [0.717, 1.165) is 23.7 Å². The number of carbonyl (C=O) groups is 1. The highest BCUT2D eigenvalue weighted by atomic mass is 16.3. The maximum atomic E-state index is 12.8. The highest BCUT2D eigenvalue weighted by Gasteiger charge is 2.28. The summed E-state index contributed by atoms with van der Waals surface area (Å²) in [4.78, 5) is 16.9. The Balaban J connectivity index is 1.73. The molecular formula is C18H26N4O2. The minimum atomic E-state index is 0.0648. The Hall–Kier alpha value is -1.92. The molecule has 3 rings (SSSR count). The van der Waals surface area contributed by atoms with Crippen molar-refractivity contribution < 1.29 is 9.90 Å². The van der Waals surface area contributed by atoms with Crippen molar-refractivity contribution >= 4 is 16.8 Å². The number of carbonyl (C=O) groups excluding carboxylic acids is 1. The van der Waals surface area contributed by atoms with Crippen LogP contribution in [0.1, 0.15) is 12.8 Å². The van der Waals surface area contributed by atoms with Gasteiger partial charge in [0.05, 0.1) is 5.52 Å². The second-order valence-corrected chi connectivity index (χ2v) is 6.93. The van der Waals surface area contributed by atoms with Crippen LogP contribution in [0.5, 0.6) is 0 Å². The summed E-state index contributed by atoms with van der Waals surface area (Å²) >= 11 is 0. The summed E-state index contributed by atoms with van der Waals surface area (Å²) in [6, 6.07) is 8.20. The molecule has 6 nitrogen and oxygen atoms in total.